The summed E-state index contributed by atoms with van der Waals surface area (Å²) in [7, 11) is -2.40. The van der Waals surface area contributed by atoms with Gasteiger partial charge in [0.15, 0.2) is 0 Å². The molecule has 0 N–H and O–H groups in total. The van der Waals surface area contributed by atoms with Crippen molar-refractivity contribution in [2.75, 3.05) is 13.2 Å². The fourth-order valence-electron chi connectivity index (χ4n) is 4.68. The topological polar surface area (TPSA) is 70.8 Å². The largest absolute Gasteiger partial charge is 0.444 e. The number of imidazole rings is 1. The van der Waals surface area contributed by atoms with Crippen molar-refractivity contribution in [2.45, 2.75) is 104 Å². The molecule has 0 bridgehead atoms. The summed E-state index contributed by atoms with van der Waals surface area (Å²) >= 11 is 3.65. The maximum Gasteiger partial charge on any atom is 0.410 e. The Morgan fingerprint density at radius 3 is 2.22 bits per heavy atom. The molecule has 1 amide bonds. The third kappa shape index (κ3) is 8.56. The van der Waals surface area contributed by atoms with Gasteiger partial charge in [0, 0.05) is 51.0 Å². The fraction of sp³-hybridized carbons (Fsp3) is 0.600. The first kappa shape index (κ1) is 32.0. The van der Waals surface area contributed by atoms with Gasteiger partial charge in [0.05, 0.1) is 30.0 Å². The zero-order chi connectivity index (χ0) is 30.2. The van der Waals surface area contributed by atoms with E-state index in [4.69, 9.17) is 19.2 Å². The Hall–Kier alpha value is -1.93. The second-order valence-corrected chi connectivity index (χ2v) is 26.6. The lowest BCUT2D eigenvalue weighted by molar-refractivity contribution is 0.0232. The van der Waals surface area contributed by atoms with Gasteiger partial charge in [-0.3, -0.25) is 4.90 Å². The molecule has 3 aromatic rings. The summed E-state index contributed by atoms with van der Waals surface area (Å²) in [5.74, 6) is 0.861. The van der Waals surface area contributed by atoms with Crippen molar-refractivity contribution in [1.29, 1.82) is 0 Å². The molecule has 2 aromatic heterocycles. The molecule has 0 fully saturated rings. The molecule has 0 saturated heterocycles. The number of aromatic nitrogens is 3. The minimum Gasteiger partial charge on any atom is -0.444 e. The summed E-state index contributed by atoms with van der Waals surface area (Å²) < 4.78 is 23.4. The van der Waals surface area contributed by atoms with Gasteiger partial charge in [0.1, 0.15) is 24.9 Å². The maximum atomic E-state index is 12.9. The SMILES string of the molecule is CC(C)(C)OC(=O)N1Cc2nc(-c3cn(COCC[Si](C)(C)C)c4cc(Br)ccc34)n(COCC[Si](C)(C)C)c2C1. The molecule has 11 heteroatoms. The first-order valence-electron chi connectivity index (χ1n) is 14.5. The minimum atomic E-state index is -1.23. The summed E-state index contributed by atoms with van der Waals surface area (Å²) in [6, 6.07) is 8.55. The number of rotatable bonds is 11. The summed E-state index contributed by atoms with van der Waals surface area (Å²) in [5, 5.41) is 1.11. The van der Waals surface area contributed by atoms with Gasteiger partial charge in [0.2, 0.25) is 0 Å². The third-order valence-electron chi connectivity index (χ3n) is 7.02. The number of ether oxygens (including phenoxy) is 3. The molecule has 41 heavy (non-hydrogen) atoms. The molecule has 8 nitrogen and oxygen atoms in total. The smallest absolute Gasteiger partial charge is 0.410 e. The van der Waals surface area contributed by atoms with Crippen LogP contribution in [0.25, 0.3) is 22.3 Å². The van der Waals surface area contributed by atoms with Crippen molar-refractivity contribution >= 4 is 49.1 Å². The Balaban J connectivity index is 1.66. The molecule has 1 aliphatic heterocycles. The summed E-state index contributed by atoms with van der Waals surface area (Å²) in [4.78, 5) is 19.7. The summed E-state index contributed by atoms with van der Waals surface area (Å²) in [5.41, 5.74) is 3.47. The number of nitrogens with zero attached hydrogens (tertiary/aromatic N) is 4. The summed E-state index contributed by atoms with van der Waals surface area (Å²) in [6.45, 7) is 23.0. The normalized spacial score (nSPS) is 14.2. The van der Waals surface area contributed by atoms with E-state index in [0.717, 1.165) is 56.8 Å². The van der Waals surface area contributed by atoms with Crippen LogP contribution < -0.4 is 0 Å². The van der Waals surface area contributed by atoms with Crippen LogP contribution in [0.4, 0.5) is 4.79 Å². The Morgan fingerprint density at radius 2 is 1.61 bits per heavy atom. The standard InChI is InChI=1S/C30H47BrN4O4Si2/c1-30(2,3)39-29(36)33-18-25-27(19-33)35(21-38-13-15-41(7,8)9)28(32-25)24-17-34(20-37-12-14-40(4,5)6)26-16-22(31)10-11-23(24)26/h10-11,16-17H,12-15,18-21H2,1-9H3. The maximum absolute atomic E-state index is 12.9. The molecule has 0 saturated carbocycles. The highest BCUT2D eigenvalue weighted by molar-refractivity contribution is 9.10. The molecule has 3 heterocycles. The molecule has 1 aromatic carbocycles. The Bertz CT molecular complexity index is 1380. The van der Waals surface area contributed by atoms with E-state index in [-0.39, 0.29) is 6.09 Å². The van der Waals surface area contributed by atoms with E-state index in [0.29, 0.717) is 33.2 Å². The van der Waals surface area contributed by atoms with Crippen molar-refractivity contribution in [2.24, 2.45) is 0 Å². The number of fused-ring (bicyclic) bond motifs is 2. The monoisotopic (exact) mass is 662 g/mol. The molecule has 1 aliphatic rings. The average molecular weight is 664 g/mol. The lowest BCUT2D eigenvalue weighted by atomic mass is 10.1. The van der Waals surface area contributed by atoms with E-state index >= 15 is 0 Å². The van der Waals surface area contributed by atoms with Gasteiger partial charge in [-0.1, -0.05) is 61.3 Å². The zero-order valence-corrected chi connectivity index (χ0v) is 29.9. The lowest BCUT2D eigenvalue weighted by Gasteiger charge is -2.24. The van der Waals surface area contributed by atoms with Gasteiger partial charge in [-0.15, -0.1) is 0 Å². The van der Waals surface area contributed by atoms with Crippen molar-refractivity contribution in [3.63, 3.8) is 0 Å². The van der Waals surface area contributed by atoms with Gasteiger partial charge < -0.3 is 23.3 Å². The van der Waals surface area contributed by atoms with Gasteiger partial charge in [-0.25, -0.2) is 9.78 Å². The molecule has 226 valence electrons. The quantitative estimate of drug-likeness (QED) is 0.153. The van der Waals surface area contributed by atoms with Crippen molar-refractivity contribution in [3.05, 3.63) is 40.3 Å². The second kappa shape index (κ2) is 12.4. The van der Waals surface area contributed by atoms with Gasteiger partial charge >= 0.3 is 6.09 Å². The van der Waals surface area contributed by atoms with Crippen LogP contribution >= 0.6 is 15.9 Å². The number of carbonyl (C=O) groups excluding carboxylic acids is 1. The van der Waals surface area contributed by atoms with Crippen molar-refractivity contribution < 1.29 is 19.0 Å². The molecular weight excluding hydrogens is 616 g/mol. The van der Waals surface area contributed by atoms with E-state index in [1.807, 2.05) is 20.8 Å². The third-order valence-corrected chi connectivity index (χ3v) is 10.9. The van der Waals surface area contributed by atoms with Gasteiger partial charge in [-0.2, -0.15) is 0 Å². The fourth-order valence-corrected chi connectivity index (χ4v) is 6.55. The first-order valence-corrected chi connectivity index (χ1v) is 22.7. The highest BCUT2D eigenvalue weighted by Crippen LogP contribution is 2.36. The van der Waals surface area contributed by atoms with Crippen LogP contribution in [0, 0.1) is 0 Å². The number of amides is 1. The average Bonchev–Trinajstić information content (AvgIpc) is 3.48. The van der Waals surface area contributed by atoms with E-state index in [9.17, 15) is 4.79 Å². The number of hydrogen-bond acceptors (Lipinski definition) is 5. The van der Waals surface area contributed by atoms with Crippen LogP contribution in [0.15, 0.2) is 28.9 Å². The van der Waals surface area contributed by atoms with E-state index in [1.54, 1.807) is 4.90 Å². The van der Waals surface area contributed by atoms with Crippen LogP contribution in [-0.2, 0) is 40.8 Å². The lowest BCUT2D eigenvalue weighted by Crippen LogP contribution is -2.33. The Kier molecular flexibility index (Phi) is 9.64. The van der Waals surface area contributed by atoms with Crippen LogP contribution in [0.3, 0.4) is 0 Å². The zero-order valence-electron chi connectivity index (χ0n) is 26.3. The highest BCUT2D eigenvalue weighted by atomic mass is 79.9. The number of halogens is 1. The molecule has 0 radical (unpaired) electrons. The molecule has 0 atom stereocenters. The molecule has 0 unspecified atom stereocenters. The number of carbonyl (C=O) groups is 1. The van der Waals surface area contributed by atoms with E-state index in [2.05, 4.69) is 88.7 Å². The highest BCUT2D eigenvalue weighted by Gasteiger charge is 2.33. The molecule has 0 spiro atoms. The molecular formula is C30H47BrN4O4Si2. The van der Waals surface area contributed by atoms with Gasteiger partial charge in [0.25, 0.3) is 0 Å². The molecule has 4 rings (SSSR count). The predicted molar refractivity (Wildman–Crippen MR) is 175 cm³/mol. The Labute approximate surface area is 255 Å². The van der Waals surface area contributed by atoms with Crippen LogP contribution in [-0.4, -0.2) is 60.1 Å². The van der Waals surface area contributed by atoms with Crippen LogP contribution in [0.5, 0.6) is 0 Å². The predicted octanol–water partition coefficient (Wildman–Crippen LogP) is 8.14. The van der Waals surface area contributed by atoms with Crippen molar-refractivity contribution in [3.8, 4) is 11.4 Å². The first-order chi connectivity index (χ1) is 19.0. The van der Waals surface area contributed by atoms with E-state index < -0.39 is 21.7 Å². The van der Waals surface area contributed by atoms with E-state index in [1.165, 1.54) is 0 Å². The molecule has 0 aliphatic carbocycles. The van der Waals surface area contributed by atoms with Gasteiger partial charge in [-0.05, 0) is 45.0 Å². The summed E-state index contributed by atoms with van der Waals surface area (Å²) in [6.07, 6.45) is 1.83. The Morgan fingerprint density at radius 1 is 0.976 bits per heavy atom. The van der Waals surface area contributed by atoms with Crippen LogP contribution in [0.1, 0.15) is 32.2 Å². The minimum absolute atomic E-state index is 0.319. The number of hydrogen-bond donors (Lipinski definition) is 0. The number of benzene rings is 1. The second-order valence-electron chi connectivity index (χ2n) is 14.5. The van der Waals surface area contributed by atoms with Crippen LogP contribution in [0.2, 0.25) is 51.4 Å². The van der Waals surface area contributed by atoms with Crippen molar-refractivity contribution in [1.82, 2.24) is 19.0 Å².